The predicted molar refractivity (Wildman–Crippen MR) is 153 cm³/mol. The van der Waals surface area contributed by atoms with Crippen molar-refractivity contribution in [3.63, 3.8) is 0 Å². The van der Waals surface area contributed by atoms with Crippen molar-refractivity contribution in [1.29, 1.82) is 0 Å². The summed E-state index contributed by atoms with van der Waals surface area (Å²) < 4.78 is 114. The monoisotopic (exact) mass is 743 g/mol. The van der Waals surface area contributed by atoms with E-state index >= 15 is 0 Å². The number of aromatic nitrogens is 2. The van der Waals surface area contributed by atoms with Crippen molar-refractivity contribution in [2.75, 3.05) is 51.4 Å². The number of halogens is 9. The van der Waals surface area contributed by atoms with Gasteiger partial charge in [-0.25, -0.2) is 19.6 Å². The maximum atomic E-state index is 13.9. The topological polar surface area (TPSA) is 175 Å². The van der Waals surface area contributed by atoms with Crippen LogP contribution in [0, 0.1) is 5.41 Å². The Bertz CT molecular complexity index is 1280. The average molecular weight is 744 g/mol. The number of amides is 1. The molecule has 4 N–H and O–H groups in total. The van der Waals surface area contributed by atoms with Crippen LogP contribution in [-0.2, 0) is 30.0 Å². The van der Waals surface area contributed by atoms with Gasteiger partial charge in [0, 0.05) is 58.2 Å². The van der Waals surface area contributed by atoms with Crippen LogP contribution >= 0.6 is 0 Å². The molecule has 1 saturated carbocycles. The summed E-state index contributed by atoms with van der Waals surface area (Å²) >= 11 is 0. The quantitative estimate of drug-likeness (QED) is 0.314. The fourth-order valence-corrected chi connectivity index (χ4v) is 5.71. The third-order valence-corrected chi connectivity index (χ3v) is 8.42. The first-order valence-corrected chi connectivity index (χ1v) is 15.0. The van der Waals surface area contributed by atoms with Gasteiger partial charge in [0.2, 0.25) is 11.9 Å². The van der Waals surface area contributed by atoms with E-state index in [4.69, 9.17) is 29.3 Å². The normalized spacial score (nSPS) is 24.8. The van der Waals surface area contributed by atoms with Crippen molar-refractivity contribution in [2.45, 2.75) is 81.8 Å². The molecular weight excluding hydrogens is 705 g/mol. The summed E-state index contributed by atoms with van der Waals surface area (Å²) in [6.45, 7) is 5.82. The summed E-state index contributed by atoms with van der Waals surface area (Å²) in [5.41, 5.74) is -3.18. The van der Waals surface area contributed by atoms with E-state index in [-0.39, 0.29) is 30.0 Å². The Morgan fingerprint density at radius 3 is 1.96 bits per heavy atom. The Kier molecular flexibility index (Phi) is 14.2. The number of carboxylic acid groups (broad SMARTS) is 2. The van der Waals surface area contributed by atoms with Gasteiger partial charge in [-0.1, -0.05) is 0 Å². The van der Waals surface area contributed by atoms with Gasteiger partial charge in [0.15, 0.2) is 0 Å². The van der Waals surface area contributed by atoms with E-state index in [1.807, 2.05) is 0 Å². The molecule has 0 radical (unpaired) electrons. The molecule has 1 aromatic rings. The van der Waals surface area contributed by atoms with Gasteiger partial charge in [0.1, 0.15) is 5.69 Å². The second-order valence-corrected chi connectivity index (χ2v) is 12.1. The number of hydrogen-bond donors (Lipinski definition) is 4. The summed E-state index contributed by atoms with van der Waals surface area (Å²) in [5, 5.41) is 29.1. The van der Waals surface area contributed by atoms with Crippen molar-refractivity contribution in [3.8, 4) is 0 Å². The van der Waals surface area contributed by atoms with Gasteiger partial charge < -0.3 is 39.9 Å². The molecule has 0 spiro atoms. The van der Waals surface area contributed by atoms with Crippen LogP contribution in [0.15, 0.2) is 12.3 Å². The van der Waals surface area contributed by atoms with Crippen molar-refractivity contribution < 1.29 is 78.7 Å². The molecule has 50 heavy (non-hydrogen) atoms. The zero-order valence-corrected chi connectivity index (χ0v) is 27.0. The molecule has 1 aromatic heterocycles. The van der Waals surface area contributed by atoms with Gasteiger partial charge >= 0.3 is 30.5 Å². The van der Waals surface area contributed by atoms with Crippen LogP contribution in [0.3, 0.4) is 0 Å². The second kappa shape index (κ2) is 16.7. The molecule has 4 atom stereocenters. The zero-order chi connectivity index (χ0) is 38.3. The summed E-state index contributed by atoms with van der Waals surface area (Å²) in [4.78, 5) is 42.7. The van der Waals surface area contributed by atoms with Gasteiger partial charge in [-0.2, -0.15) is 39.5 Å². The minimum Gasteiger partial charge on any atom is -0.475 e. The number of piperazine rings is 1. The highest BCUT2D eigenvalue weighted by atomic mass is 19.4. The van der Waals surface area contributed by atoms with E-state index < -0.39 is 47.2 Å². The van der Waals surface area contributed by atoms with Crippen LogP contribution in [0.1, 0.15) is 45.2 Å². The highest BCUT2D eigenvalue weighted by molar-refractivity contribution is 5.85. The van der Waals surface area contributed by atoms with Gasteiger partial charge in [-0.15, -0.1) is 0 Å². The maximum Gasteiger partial charge on any atom is 0.490 e. The van der Waals surface area contributed by atoms with Gasteiger partial charge in [0.05, 0.1) is 23.7 Å². The Hall–Kier alpha value is -3.50. The van der Waals surface area contributed by atoms with E-state index in [9.17, 15) is 49.4 Å². The first-order chi connectivity index (χ1) is 22.8. The highest BCUT2D eigenvalue weighted by Crippen LogP contribution is 2.48. The van der Waals surface area contributed by atoms with Crippen LogP contribution in [0.5, 0.6) is 0 Å². The number of anilines is 1. The third-order valence-electron chi connectivity index (χ3n) is 8.42. The number of rotatable bonds is 6. The fourth-order valence-electron chi connectivity index (χ4n) is 5.71. The lowest BCUT2D eigenvalue weighted by molar-refractivity contribution is -0.193. The molecular formula is C28H38F9N5O8. The lowest BCUT2D eigenvalue weighted by Crippen LogP contribution is -2.59. The lowest BCUT2D eigenvalue weighted by atomic mass is 9.70. The summed E-state index contributed by atoms with van der Waals surface area (Å²) in [6.07, 6.45) is -11.1. The molecule has 3 fully saturated rings. The standard InChI is InChI=1S/C24H36F3N5O4.2C2HF3O2/c1-22(2,34)23(7-4-16(14-23)29-17-6-13-36-15-18(17)35-3)20(33)31-9-11-32(12-10-31)21-28-8-5-19(30-21)24(25,26)27;2*3-2(4,5)1(6)7/h5,8,16-18,29,34H,4,6-7,9-15H2,1-3H3;2*(H,6,7)/t16-,17-,18?,23-;;/m1../s1. The van der Waals surface area contributed by atoms with Crippen LogP contribution in [0.2, 0.25) is 0 Å². The smallest absolute Gasteiger partial charge is 0.475 e. The predicted octanol–water partition coefficient (Wildman–Crippen LogP) is 3.11. The van der Waals surface area contributed by atoms with E-state index in [1.165, 1.54) is 0 Å². The molecule has 2 saturated heterocycles. The van der Waals surface area contributed by atoms with Crippen molar-refractivity contribution in [2.24, 2.45) is 5.41 Å². The molecule has 3 aliphatic rings. The molecule has 0 bridgehead atoms. The molecule has 1 unspecified atom stereocenters. The van der Waals surface area contributed by atoms with Crippen molar-refractivity contribution >= 4 is 23.8 Å². The number of hydrogen-bond acceptors (Lipinski definition) is 10. The number of ether oxygens (including phenoxy) is 2. The number of aliphatic carboxylic acids is 2. The number of carbonyl (C=O) groups excluding carboxylic acids is 1. The van der Waals surface area contributed by atoms with Crippen molar-refractivity contribution in [1.82, 2.24) is 20.2 Å². The average Bonchev–Trinajstić information content (AvgIpc) is 3.46. The van der Waals surface area contributed by atoms with Crippen LogP contribution in [0.4, 0.5) is 45.5 Å². The maximum absolute atomic E-state index is 13.9. The second-order valence-electron chi connectivity index (χ2n) is 12.1. The number of carbonyl (C=O) groups is 3. The van der Waals surface area contributed by atoms with Crippen LogP contribution < -0.4 is 10.2 Å². The molecule has 286 valence electrons. The minimum absolute atomic E-state index is 0.00316. The summed E-state index contributed by atoms with van der Waals surface area (Å²) in [5.74, 6) is -5.62. The summed E-state index contributed by atoms with van der Waals surface area (Å²) in [7, 11) is 1.66. The van der Waals surface area contributed by atoms with Gasteiger partial charge in [0.25, 0.3) is 0 Å². The fraction of sp³-hybridized carbons (Fsp3) is 0.750. The zero-order valence-electron chi connectivity index (χ0n) is 27.0. The first-order valence-electron chi connectivity index (χ1n) is 15.0. The largest absolute Gasteiger partial charge is 0.490 e. The number of nitrogens with zero attached hydrogens (tertiary/aromatic N) is 4. The SMILES string of the molecule is COC1COCC[C@H]1N[C@@H]1CC[C@@](C(=O)N2CCN(c3nccc(C(F)(F)F)n3)CC2)(C(C)(C)O)C1.O=C(O)C(F)(F)F.O=C(O)C(F)(F)F. The minimum atomic E-state index is -5.08. The molecule has 3 heterocycles. The number of aliphatic hydroxyl groups is 1. The number of carboxylic acids is 2. The lowest BCUT2D eigenvalue weighted by Gasteiger charge is -2.45. The Balaban J connectivity index is 0.000000521. The van der Waals surface area contributed by atoms with E-state index in [1.54, 1.807) is 30.8 Å². The first kappa shape index (κ1) is 42.7. The molecule has 4 rings (SSSR count). The number of methoxy groups -OCH3 is 1. The van der Waals surface area contributed by atoms with Gasteiger partial charge in [-0.05, 0) is 45.6 Å². The number of alkyl halides is 9. The Morgan fingerprint density at radius 2 is 1.50 bits per heavy atom. The third kappa shape index (κ3) is 11.5. The number of nitrogens with one attached hydrogen (secondary N) is 1. The van der Waals surface area contributed by atoms with Crippen LogP contribution in [0.25, 0.3) is 0 Å². The molecule has 22 heteroatoms. The summed E-state index contributed by atoms with van der Waals surface area (Å²) in [6, 6.07) is 1.02. The molecule has 13 nitrogen and oxygen atoms in total. The Labute approximate surface area is 279 Å². The molecule has 1 amide bonds. The van der Waals surface area contributed by atoms with Crippen LogP contribution in [-0.4, -0.2) is 131 Å². The van der Waals surface area contributed by atoms with Crippen molar-refractivity contribution in [3.05, 3.63) is 18.0 Å². The Morgan fingerprint density at radius 1 is 0.960 bits per heavy atom. The highest BCUT2D eigenvalue weighted by Gasteiger charge is 2.56. The van der Waals surface area contributed by atoms with E-state index in [0.29, 0.717) is 52.2 Å². The molecule has 2 aliphatic heterocycles. The van der Waals surface area contributed by atoms with Gasteiger partial charge in [-0.3, -0.25) is 4.79 Å². The molecule has 1 aliphatic carbocycles. The molecule has 0 aromatic carbocycles. The van der Waals surface area contributed by atoms with E-state index in [2.05, 4.69) is 15.3 Å². The van der Waals surface area contributed by atoms with E-state index in [0.717, 1.165) is 25.1 Å².